The minimum absolute atomic E-state index is 0.145. The van der Waals surface area contributed by atoms with Gasteiger partial charge in [-0.15, -0.1) is 0 Å². The van der Waals surface area contributed by atoms with Crippen molar-refractivity contribution < 1.29 is 14.0 Å². The second kappa shape index (κ2) is 9.71. The zero-order valence-corrected chi connectivity index (χ0v) is 19.6. The Balaban J connectivity index is 1.47. The van der Waals surface area contributed by atoms with Crippen molar-refractivity contribution in [3.05, 3.63) is 105 Å². The van der Waals surface area contributed by atoms with Gasteiger partial charge in [0.15, 0.2) is 5.76 Å². The number of carbonyl (C=O) groups excluding carboxylic acids is 2. The number of anilines is 2. The molecule has 4 rings (SSSR count). The highest BCUT2D eigenvalue weighted by Crippen LogP contribution is 2.30. The van der Waals surface area contributed by atoms with E-state index >= 15 is 0 Å². The van der Waals surface area contributed by atoms with Crippen molar-refractivity contribution in [2.24, 2.45) is 0 Å². The lowest BCUT2D eigenvalue weighted by Gasteiger charge is -2.09. The number of halogens is 3. The SMILES string of the molecule is Cc1c(Cl)cccc1-c1ccc(C(=O)Nc2cccc(NC(=O)c3ccc(Cl)cc3Cl)c2)o1. The van der Waals surface area contributed by atoms with E-state index < -0.39 is 11.8 Å². The van der Waals surface area contributed by atoms with Gasteiger partial charge in [0.25, 0.3) is 11.8 Å². The minimum Gasteiger partial charge on any atom is -0.451 e. The van der Waals surface area contributed by atoms with Crippen molar-refractivity contribution in [2.75, 3.05) is 10.6 Å². The first-order valence-electron chi connectivity index (χ1n) is 9.85. The highest BCUT2D eigenvalue weighted by atomic mass is 35.5. The van der Waals surface area contributed by atoms with Crippen molar-refractivity contribution in [2.45, 2.75) is 6.92 Å². The van der Waals surface area contributed by atoms with Gasteiger partial charge in [0, 0.05) is 27.0 Å². The molecule has 0 fully saturated rings. The molecule has 0 aliphatic rings. The number of hydrogen-bond donors (Lipinski definition) is 2. The first-order valence-corrected chi connectivity index (χ1v) is 11.0. The fourth-order valence-corrected chi connectivity index (χ4v) is 3.89. The van der Waals surface area contributed by atoms with Gasteiger partial charge in [0.05, 0.1) is 10.6 Å². The number of carbonyl (C=O) groups is 2. The van der Waals surface area contributed by atoms with Gasteiger partial charge < -0.3 is 15.1 Å². The molecule has 3 aromatic carbocycles. The molecular formula is C25H17Cl3N2O3. The Morgan fingerprint density at radius 2 is 1.45 bits per heavy atom. The molecule has 8 heteroatoms. The van der Waals surface area contributed by atoms with Gasteiger partial charge in [-0.2, -0.15) is 0 Å². The molecule has 166 valence electrons. The Bertz CT molecular complexity index is 1360. The number of furan rings is 1. The average Bonchev–Trinajstić information content (AvgIpc) is 3.26. The van der Waals surface area contributed by atoms with Crippen molar-refractivity contribution in [1.82, 2.24) is 0 Å². The van der Waals surface area contributed by atoms with Gasteiger partial charge in [-0.1, -0.05) is 53.0 Å². The van der Waals surface area contributed by atoms with Crippen LogP contribution < -0.4 is 10.6 Å². The van der Waals surface area contributed by atoms with Crippen LogP contribution in [-0.2, 0) is 0 Å². The van der Waals surface area contributed by atoms with E-state index in [1.165, 1.54) is 6.07 Å². The molecule has 0 atom stereocenters. The Morgan fingerprint density at radius 1 is 0.758 bits per heavy atom. The van der Waals surface area contributed by atoms with Crippen LogP contribution in [-0.4, -0.2) is 11.8 Å². The van der Waals surface area contributed by atoms with Crippen LogP contribution in [0.15, 0.2) is 77.2 Å². The Hall–Kier alpha value is -3.25. The number of benzene rings is 3. The normalized spacial score (nSPS) is 10.7. The van der Waals surface area contributed by atoms with Crippen molar-refractivity contribution >= 4 is 58.0 Å². The molecular weight excluding hydrogens is 483 g/mol. The average molecular weight is 500 g/mol. The predicted molar refractivity (Wildman–Crippen MR) is 133 cm³/mol. The predicted octanol–water partition coefficient (Wildman–Crippen LogP) is 7.72. The van der Waals surface area contributed by atoms with E-state index in [1.807, 2.05) is 19.1 Å². The fraction of sp³-hybridized carbons (Fsp3) is 0.0400. The van der Waals surface area contributed by atoms with Crippen LogP contribution in [0.3, 0.4) is 0 Å². The third-order valence-electron chi connectivity index (χ3n) is 4.92. The molecule has 5 nitrogen and oxygen atoms in total. The molecule has 0 spiro atoms. The van der Waals surface area contributed by atoms with Crippen molar-refractivity contribution in [3.63, 3.8) is 0 Å². The largest absolute Gasteiger partial charge is 0.451 e. The lowest BCUT2D eigenvalue weighted by atomic mass is 10.1. The topological polar surface area (TPSA) is 71.3 Å². The Labute approximate surface area is 205 Å². The van der Waals surface area contributed by atoms with Gasteiger partial charge in [-0.3, -0.25) is 9.59 Å². The van der Waals surface area contributed by atoms with Crippen LogP contribution in [0.25, 0.3) is 11.3 Å². The summed E-state index contributed by atoms with van der Waals surface area (Å²) in [7, 11) is 0. The monoisotopic (exact) mass is 498 g/mol. The van der Waals surface area contributed by atoms with Crippen LogP contribution in [0.2, 0.25) is 15.1 Å². The summed E-state index contributed by atoms with van der Waals surface area (Å²) < 4.78 is 5.75. The summed E-state index contributed by atoms with van der Waals surface area (Å²) in [5.74, 6) is -0.134. The summed E-state index contributed by atoms with van der Waals surface area (Å²) in [5.41, 5.74) is 2.93. The number of nitrogens with one attached hydrogen (secondary N) is 2. The molecule has 33 heavy (non-hydrogen) atoms. The molecule has 2 N–H and O–H groups in total. The highest BCUT2D eigenvalue weighted by Gasteiger charge is 2.15. The van der Waals surface area contributed by atoms with Gasteiger partial charge in [0.2, 0.25) is 0 Å². The zero-order chi connectivity index (χ0) is 23.5. The van der Waals surface area contributed by atoms with Gasteiger partial charge >= 0.3 is 0 Å². The van der Waals surface area contributed by atoms with E-state index in [1.54, 1.807) is 54.6 Å². The Kier molecular flexibility index (Phi) is 6.75. The maximum atomic E-state index is 12.7. The highest BCUT2D eigenvalue weighted by molar-refractivity contribution is 6.37. The van der Waals surface area contributed by atoms with Crippen molar-refractivity contribution in [1.29, 1.82) is 0 Å². The van der Waals surface area contributed by atoms with Gasteiger partial charge in [0.1, 0.15) is 5.76 Å². The third kappa shape index (κ3) is 5.22. The van der Waals surface area contributed by atoms with E-state index in [0.717, 1.165) is 11.1 Å². The summed E-state index contributed by atoms with van der Waals surface area (Å²) >= 11 is 18.2. The van der Waals surface area contributed by atoms with Crippen LogP contribution in [0.4, 0.5) is 11.4 Å². The van der Waals surface area contributed by atoms with E-state index in [2.05, 4.69) is 10.6 Å². The minimum atomic E-state index is -0.426. The summed E-state index contributed by atoms with van der Waals surface area (Å²) in [6.45, 7) is 1.89. The number of hydrogen-bond acceptors (Lipinski definition) is 3. The summed E-state index contributed by atoms with van der Waals surface area (Å²) in [4.78, 5) is 25.2. The lowest BCUT2D eigenvalue weighted by molar-refractivity contribution is 0.0995. The van der Waals surface area contributed by atoms with E-state index in [-0.39, 0.29) is 16.3 Å². The summed E-state index contributed by atoms with van der Waals surface area (Å²) in [5, 5.41) is 6.82. The van der Waals surface area contributed by atoms with Crippen molar-refractivity contribution in [3.8, 4) is 11.3 Å². The van der Waals surface area contributed by atoms with Gasteiger partial charge in [-0.05, 0) is 67.1 Å². The molecule has 2 amide bonds. The zero-order valence-electron chi connectivity index (χ0n) is 17.3. The van der Waals surface area contributed by atoms with Gasteiger partial charge in [-0.25, -0.2) is 0 Å². The molecule has 0 bridgehead atoms. The smallest absolute Gasteiger partial charge is 0.291 e. The van der Waals surface area contributed by atoms with Crippen LogP contribution in [0, 0.1) is 6.92 Å². The Morgan fingerprint density at radius 3 is 2.18 bits per heavy atom. The third-order valence-corrected chi connectivity index (χ3v) is 5.87. The second-order valence-electron chi connectivity index (χ2n) is 7.19. The molecule has 0 unspecified atom stereocenters. The maximum Gasteiger partial charge on any atom is 0.291 e. The maximum absolute atomic E-state index is 12.7. The van der Waals surface area contributed by atoms with E-state index in [9.17, 15) is 9.59 Å². The standard InChI is InChI=1S/C25H17Cl3N2O3/c1-14-18(6-3-7-20(14)27)22-10-11-23(33-22)25(32)30-17-5-2-4-16(13-17)29-24(31)19-9-8-15(26)12-21(19)28/h2-13H,1H3,(H,29,31)(H,30,32). The first kappa shape index (κ1) is 22.9. The second-order valence-corrected chi connectivity index (χ2v) is 8.44. The summed E-state index contributed by atoms with van der Waals surface area (Å²) in [6.07, 6.45) is 0. The fourth-order valence-electron chi connectivity index (χ4n) is 3.22. The molecule has 1 heterocycles. The molecule has 0 aliphatic carbocycles. The quantitative estimate of drug-likeness (QED) is 0.295. The molecule has 0 saturated heterocycles. The van der Waals surface area contributed by atoms with Crippen LogP contribution in [0.5, 0.6) is 0 Å². The molecule has 0 saturated carbocycles. The molecule has 0 aliphatic heterocycles. The summed E-state index contributed by atoms with van der Waals surface area (Å²) in [6, 6.07) is 20.2. The first-order chi connectivity index (χ1) is 15.8. The number of amides is 2. The molecule has 4 aromatic rings. The number of rotatable bonds is 5. The molecule has 1 aromatic heterocycles. The lowest BCUT2D eigenvalue weighted by Crippen LogP contribution is -2.14. The van der Waals surface area contributed by atoms with Crippen LogP contribution >= 0.6 is 34.8 Å². The van der Waals surface area contributed by atoms with E-state index in [4.69, 9.17) is 39.2 Å². The van der Waals surface area contributed by atoms with Crippen LogP contribution in [0.1, 0.15) is 26.5 Å². The van der Waals surface area contributed by atoms with E-state index in [0.29, 0.717) is 27.2 Å². The molecule has 0 radical (unpaired) electrons.